The lowest BCUT2D eigenvalue weighted by Crippen LogP contribution is -2.39. The third-order valence-corrected chi connectivity index (χ3v) is 6.94. The van der Waals surface area contributed by atoms with Gasteiger partial charge in [0.1, 0.15) is 0 Å². The first kappa shape index (κ1) is 14.2. The predicted octanol–water partition coefficient (Wildman–Crippen LogP) is 4.89. The molecular formula is C21H27N. The summed E-state index contributed by atoms with van der Waals surface area (Å²) in [6.07, 6.45) is 9.74. The quantitative estimate of drug-likeness (QED) is 0.535. The van der Waals surface area contributed by atoms with Crippen molar-refractivity contribution in [2.75, 3.05) is 5.73 Å². The van der Waals surface area contributed by atoms with Crippen LogP contribution in [0.2, 0.25) is 0 Å². The Hall–Kier alpha value is -1.42. The summed E-state index contributed by atoms with van der Waals surface area (Å²) in [4.78, 5) is 0. The largest absolute Gasteiger partial charge is 0.398 e. The molecule has 0 aliphatic heterocycles. The molecule has 4 atom stereocenters. The molecule has 2 fully saturated rings. The summed E-state index contributed by atoms with van der Waals surface area (Å²) >= 11 is 0. The number of hydrogen-bond donors (Lipinski definition) is 1. The van der Waals surface area contributed by atoms with E-state index in [2.05, 4.69) is 30.9 Å². The molecule has 0 saturated heterocycles. The smallest absolute Gasteiger partial charge is 0.0477 e. The molecule has 1 nitrogen and oxygen atoms in total. The van der Waals surface area contributed by atoms with Crippen molar-refractivity contribution in [1.29, 1.82) is 0 Å². The van der Waals surface area contributed by atoms with E-state index in [0.717, 1.165) is 29.0 Å². The van der Waals surface area contributed by atoms with Gasteiger partial charge in [0.25, 0.3) is 0 Å². The molecule has 3 unspecified atom stereocenters. The minimum absolute atomic E-state index is 0.637. The molecule has 1 aromatic rings. The summed E-state index contributed by atoms with van der Waals surface area (Å²) in [7, 11) is 0. The first-order valence-corrected chi connectivity index (χ1v) is 8.97. The molecule has 4 rings (SSSR count). The van der Waals surface area contributed by atoms with E-state index < -0.39 is 0 Å². The van der Waals surface area contributed by atoms with Crippen LogP contribution in [0, 0.1) is 29.1 Å². The third kappa shape index (κ3) is 2.00. The first-order valence-electron chi connectivity index (χ1n) is 8.97. The second-order valence-electron chi connectivity index (χ2n) is 8.01. The van der Waals surface area contributed by atoms with Gasteiger partial charge in [0.2, 0.25) is 0 Å². The highest BCUT2D eigenvalue weighted by Crippen LogP contribution is 2.60. The lowest BCUT2D eigenvalue weighted by molar-refractivity contribution is 0.0599. The summed E-state index contributed by atoms with van der Waals surface area (Å²) in [6.45, 7) is 4.46. The molecule has 2 saturated carbocycles. The van der Waals surface area contributed by atoms with Gasteiger partial charge in [-0.05, 0) is 91.9 Å². The Morgan fingerprint density at radius 2 is 2.05 bits per heavy atom. The van der Waals surface area contributed by atoms with Gasteiger partial charge in [0.05, 0.1) is 0 Å². The summed E-state index contributed by atoms with van der Waals surface area (Å²) in [5, 5.41) is 0. The van der Waals surface area contributed by atoms with Crippen molar-refractivity contribution in [2.24, 2.45) is 17.3 Å². The van der Waals surface area contributed by atoms with Crippen molar-refractivity contribution in [3.05, 3.63) is 28.8 Å². The van der Waals surface area contributed by atoms with E-state index in [1.165, 1.54) is 50.5 Å². The second kappa shape index (κ2) is 5.05. The molecule has 0 bridgehead atoms. The number of benzene rings is 1. The summed E-state index contributed by atoms with van der Waals surface area (Å²) in [5.74, 6) is 8.84. The van der Waals surface area contributed by atoms with Crippen LogP contribution in [-0.4, -0.2) is 0 Å². The second-order valence-corrected chi connectivity index (χ2v) is 8.01. The number of anilines is 1. The Balaban J connectivity index is 1.75. The van der Waals surface area contributed by atoms with Crippen LogP contribution in [-0.2, 0) is 6.42 Å². The van der Waals surface area contributed by atoms with Gasteiger partial charge in [-0.25, -0.2) is 0 Å². The maximum atomic E-state index is 6.20. The molecule has 1 aromatic carbocycles. The first-order chi connectivity index (χ1) is 10.6. The Labute approximate surface area is 134 Å². The monoisotopic (exact) mass is 293 g/mol. The van der Waals surface area contributed by atoms with E-state index in [4.69, 9.17) is 5.73 Å². The van der Waals surface area contributed by atoms with E-state index in [1.54, 1.807) is 5.56 Å². The number of nitrogens with two attached hydrogens (primary N) is 1. The minimum Gasteiger partial charge on any atom is -0.398 e. The summed E-state index contributed by atoms with van der Waals surface area (Å²) in [6, 6.07) is 4.54. The Morgan fingerprint density at radius 3 is 2.86 bits per heavy atom. The van der Waals surface area contributed by atoms with E-state index in [9.17, 15) is 0 Å². The third-order valence-electron chi connectivity index (χ3n) is 6.94. The van der Waals surface area contributed by atoms with Crippen LogP contribution in [0.25, 0.3) is 0 Å². The van der Waals surface area contributed by atoms with Gasteiger partial charge in [-0.3, -0.25) is 0 Å². The summed E-state index contributed by atoms with van der Waals surface area (Å²) < 4.78 is 0. The van der Waals surface area contributed by atoms with Crippen LogP contribution in [0.4, 0.5) is 5.69 Å². The summed E-state index contributed by atoms with van der Waals surface area (Å²) in [5.41, 5.74) is 11.8. The Morgan fingerprint density at radius 1 is 1.18 bits per heavy atom. The van der Waals surface area contributed by atoms with Crippen molar-refractivity contribution in [3.63, 3.8) is 0 Å². The molecule has 22 heavy (non-hydrogen) atoms. The van der Waals surface area contributed by atoms with Crippen molar-refractivity contribution < 1.29 is 0 Å². The lowest BCUT2D eigenvalue weighted by atomic mass is 9.56. The highest BCUT2D eigenvalue weighted by Gasteiger charge is 2.50. The highest BCUT2D eigenvalue weighted by atomic mass is 14.6. The molecular weight excluding hydrogens is 266 g/mol. The molecule has 2 N–H and O–H groups in total. The van der Waals surface area contributed by atoms with Crippen molar-refractivity contribution in [1.82, 2.24) is 0 Å². The predicted molar refractivity (Wildman–Crippen MR) is 92.6 cm³/mol. The van der Waals surface area contributed by atoms with Gasteiger partial charge < -0.3 is 5.73 Å². The molecule has 0 aromatic heterocycles. The average molecular weight is 293 g/mol. The number of fused-ring (bicyclic) bond motifs is 5. The normalized spacial score (nSPS) is 35.8. The van der Waals surface area contributed by atoms with Gasteiger partial charge in [-0.1, -0.05) is 19.3 Å². The molecule has 0 spiro atoms. The fourth-order valence-corrected chi connectivity index (χ4v) is 5.88. The van der Waals surface area contributed by atoms with Gasteiger partial charge in [-0.15, -0.1) is 5.92 Å². The van der Waals surface area contributed by atoms with E-state index in [1.807, 2.05) is 6.92 Å². The molecule has 3 aliphatic carbocycles. The molecule has 116 valence electrons. The van der Waals surface area contributed by atoms with Gasteiger partial charge in [0.15, 0.2) is 0 Å². The molecule has 0 radical (unpaired) electrons. The van der Waals surface area contributed by atoms with Gasteiger partial charge >= 0.3 is 0 Å². The van der Waals surface area contributed by atoms with E-state index >= 15 is 0 Å². The van der Waals surface area contributed by atoms with E-state index in [0.29, 0.717) is 5.41 Å². The maximum absolute atomic E-state index is 6.20. The number of rotatable bonds is 0. The highest BCUT2D eigenvalue weighted by molar-refractivity contribution is 5.60. The topological polar surface area (TPSA) is 26.0 Å². The molecule has 3 aliphatic rings. The Bertz CT molecular complexity index is 662. The standard InChI is InChI=1S/C21H27N/c1-3-5-15-12-18-14(13-20(15)22)7-8-17-16(18)9-11-21(2)10-4-6-19(17)21/h12-13,16-17,19H,4,6-11,22H2,1-2H3/t16?,17?,19?,21-/m0/s1. The fraction of sp³-hybridized carbons (Fsp3) is 0.619. The molecule has 0 amide bonds. The van der Waals surface area contributed by atoms with Crippen LogP contribution in [0.1, 0.15) is 75.0 Å². The fourth-order valence-electron chi connectivity index (χ4n) is 5.88. The zero-order valence-corrected chi connectivity index (χ0v) is 13.9. The Kier molecular flexibility index (Phi) is 3.26. The van der Waals surface area contributed by atoms with Crippen molar-refractivity contribution in [2.45, 2.75) is 64.7 Å². The average Bonchev–Trinajstić information content (AvgIpc) is 2.90. The number of aryl methyl sites for hydroxylation is 1. The van der Waals surface area contributed by atoms with Crippen LogP contribution < -0.4 is 5.73 Å². The zero-order valence-electron chi connectivity index (χ0n) is 13.9. The van der Waals surface area contributed by atoms with E-state index in [-0.39, 0.29) is 0 Å². The van der Waals surface area contributed by atoms with Gasteiger partial charge in [-0.2, -0.15) is 0 Å². The van der Waals surface area contributed by atoms with Crippen LogP contribution in [0.15, 0.2) is 12.1 Å². The van der Waals surface area contributed by atoms with Crippen LogP contribution in [0.3, 0.4) is 0 Å². The van der Waals surface area contributed by atoms with Gasteiger partial charge in [0, 0.05) is 11.3 Å². The number of nitrogen functional groups attached to an aromatic ring is 1. The number of hydrogen-bond acceptors (Lipinski definition) is 1. The lowest BCUT2D eigenvalue weighted by Gasteiger charge is -2.49. The zero-order chi connectivity index (χ0) is 15.3. The van der Waals surface area contributed by atoms with Crippen molar-refractivity contribution >= 4 is 5.69 Å². The SMILES string of the molecule is CC#Cc1cc2c(cc1N)CCC1C2CC[C@]2(C)CCCC12. The van der Waals surface area contributed by atoms with Crippen LogP contribution in [0.5, 0.6) is 0 Å². The molecule has 0 heterocycles. The maximum Gasteiger partial charge on any atom is 0.0477 e. The molecule has 1 heteroatoms. The minimum atomic E-state index is 0.637. The van der Waals surface area contributed by atoms with Crippen molar-refractivity contribution in [3.8, 4) is 11.8 Å². The van der Waals surface area contributed by atoms with Crippen LogP contribution >= 0.6 is 0 Å².